The lowest BCUT2D eigenvalue weighted by Gasteiger charge is -2.15. The molecule has 0 saturated heterocycles. The number of anilines is 2. The molecule has 0 aliphatic heterocycles. The lowest BCUT2D eigenvalue weighted by Crippen LogP contribution is -2.17. The Morgan fingerprint density at radius 1 is 0.655 bits per heavy atom. The Morgan fingerprint density at radius 3 is 1.66 bits per heavy atom. The van der Waals surface area contributed by atoms with Gasteiger partial charge in [-0.3, -0.25) is 9.44 Å². The van der Waals surface area contributed by atoms with Crippen molar-refractivity contribution >= 4 is 31.4 Å². The van der Waals surface area contributed by atoms with Gasteiger partial charge in [0, 0.05) is 0 Å². The predicted molar refractivity (Wildman–Crippen MR) is 110 cm³/mol. The summed E-state index contributed by atoms with van der Waals surface area (Å²) in [6.45, 7) is 3.68. The van der Waals surface area contributed by atoms with E-state index in [1.54, 1.807) is 31.2 Å². The second kappa shape index (κ2) is 7.84. The van der Waals surface area contributed by atoms with Gasteiger partial charge in [-0.15, -0.1) is 0 Å². The van der Waals surface area contributed by atoms with Crippen LogP contribution in [-0.2, 0) is 20.0 Å². The van der Waals surface area contributed by atoms with Gasteiger partial charge in [-0.05, 0) is 73.5 Å². The van der Waals surface area contributed by atoms with Gasteiger partial charge in [0.1, 0.15) is 5.82 Å². The third kappa shape index (κ3) is 4.75. The third-order valence-electron chi connectivity index (χ3n) is 4.33. The number of rotatable bonds is 6. The van der Waals surface area contributed by atoms with Gasteiger partial charge in [0.15, 0.2) is 0 Å². The standard InChI is InChI=1S/C20H19FN2O4S2/c1-14-7-10-18(13-15(14)2)29(26,27)23-20-6-4-3-5-19(20)22-28(24,25)17-11-8-16(21)9-12-17/h3-13,22-23H,1-2H3. The van der Waals surface area contributed by atoms with Crippen molar-refractivity contribution in [2.24, 2.45) is 0 Å². The zero-order valence-electron chi connectivity index (χ0n) is 15.7. The Hall–Kier alpha value is -2.91. The van der Waals surface area contributed by atoms with Crippen LogP contribution in [0, 0.1) is 19.7 Å². The summed E-state index contributed by atoms with van der Waals surface area (Å²) in [4.78, 5) is -0.0810. The average molecular weight is 435 g/mol. The summed E-state index contributed by atoms with van der Waals surface area (Å²) in [5, 5.41) is 0. The van der Waals surface area contributed by atoms with Crippen molar-refractivity contribution in [1.82, 2.24) is 0 Å². The van der Waals surface area contributed by atoms with Crippen LogP contribution in [-0.4, -0.2) is 16.8 Å². The van der Waals surface area contributed by atoms with Gasteiger partial charge in [0.05, 0.1) is 21.2 Å². The Kier molecular flexibility index (Phi) is 5.63. The van der Waals surface area contributed by atoms with Crippen LogP contribution in [0.25, 0.3) is 0 Å². The molecule has 3 aromatic rings. The Bertz CT molecular complexity index is 1260. The van der Waals surface area contributed by atoms with Gasteiger partial charge >= 0.3 is 0 Å². The van der Waals surface area contributed by atoms with Gasteiger partial charge in [-0.25, -0.2) is 21.2 Å². The molecule has 0 unspecified atom stereocenters. The lowest BCUT2D eigenvalue weighted by molar-refractivity contribution is 0.598. The summed E-state index contributed by atoms with van der Waals surface area (Å²) in [6, 6.07) is 15.1. The van der Waals surface area contributed by atoms with Crippen LogP contribution >= 0.6 is 0 Å². The fraction of sp³-hybridized carbons (Fsp3) is 0.100. The van der Waals surface area contributed by atoms with Crippen molar-refractivity contribution in [3.63, 3.8) is 0 Å². The second-order valence-corrected chi connectivity index (χ2v) is 9.82. The van der Waals surface area contributed by atoms with E-state index in [-0.39, 0.29) is 21.2 Å². The van der Waals surface area contributed by atoms with Crippen LogP contribution in [0.3, 0.4) is 0 Å². The second-order valence-electron chi connectivity index (χ2n) is 6.46. The molecule has 29 heavy (non-hydrogen) atoms. The summed E-state index contributed by atoms with van der Waals surface area (Å²) in [5.74, 6) is -0.564. The number of para-hydroxylation sites is 2. The van der Waals surface area contributed by atoms with Gasteiger partial charge in [-0.2, -0.15) is 0 Å². The van der Waals surface area contributed by atoms with Gasteiger partial charge in [-0.1, -0.05) is 18.2 Å². The first-order chi connectivity index (χ1) is 13.6. The number of hydrogen-bond donors (Lipinski definition) is 2. The van der Waals surface area contributed by atoms with Crippen molar-refractivity contribution in [1.29, 1.82) is 0 Å². The number of hydrogen-bond acceptors (Lipinski definition) is 4. The third-order valence-corrected chi connectivity index (χ3v) is 7.07. The smallest absolute Gasteiger partial charge is 0.261 e. The van der Waals surface area contributed by atoms with Crippen LogP contribution in [0.2, 0.25) is 0 Å². The first kappa shape index (κ1) is 20.8. The molecular weight excluding hydrogens is 415 g/mol. The predicted octanol–water partition coefficient (Wildman–Crippen LogP) is 4.04. The summed E-state index contributed by atoms with van der Waals surface area (Å²) < 4.78 is 68.5. The molecule has 0 heterocycles. The Morgan fingerprint density at radius 2 is 1.14 bits per heavy atom. The fourth-order valence-corrected chi connectivity index (χ4v) is 4.81. The first-order valence-electron chi connectivity index (χ1n) is 8.56. The maximum absolute atomic E-state index is 13.1. The number of halogens is 1. The lowest BCUT2D eigenvalue weighted by atomic mass is 10.1. The number of aryl methyl sites for hydroxylation is 2. The molecule has 0 fully saturated rings. The Labute approximate surface area is 169 Å². The molecule has 0 bridgehead atoms. The van der Waals surface area contributed by atoms with E-state index >= 15 is 0 Å². The van der Waals surface area contributed by atoms with E-state index < -0.39 is 25.9 Å². The van der Waals surface area contributed by atoms with Crippen LogP contribution in [0.15, 0.2) is 76.5 Å². The maximum atomic E-state index is 13.1. The van der Waals surface area contributed by atoms with E-state index in [2.05, 4.69) is 9.44 Å². The molecule has 0 aliphatic carbocycles. The SMILES string of the molecule is Cc1ccc(S(=O)(=O)Nc2ccccc2NS(=O)(=O)c2ccc(F)cc2)cc1C. The number of sulfonamides is 2. The van der Waals surface area contributed by atoms with Crippen LogP contribution < -0.4 is 9.44 Å². The average Bonchev–Trinajstić information content (AvgIpc) is 2.65. The number of benzene rings is 3. The molecule has 3 aromatic carbocycles. The molecule has 2 N–H and O–H groups in total. The molecule has 0 atom stereocenters. The minimum atomic E-state index is -4.04. The van der Waals surface area contributed by atoms with Crippen molar-refractivity contribution < 1.29 is 21.2 Å². The minimum Gasteiger partial charge on any atom is -0.277 e. The quantitative estimate of drug-likeness (QED) is 0.612. The molecule has 0 saturated carbocycles. The highest BCUT2D eigenvalue weighted by atomic mass is 32.2. The minimum absolute atomic E-state index is 0.0456. The number of nitrogens with one attached hydrogen (secondary N) is 2. The Balaban J connectivity index is 1.93. The summed E-state index contributed by atoms with van der Waals surface area (Å²) in [5.41, 5.74) is 1.88. The molecule has 0 aromatic heterocycles. The molecule has 0 spiro atoms. The maximum Gasteiger partial charge on any atom is 0.261 e. The largest absolute Gasteiger partial charge is 0.277 e. The summed E-state index contributed by atoms with van der Waals surface area (Å²) in [6.07, 6.45) is 0. The van der Waals surface area contributed by atoms with E-state index in [1.807, 2.05) is 6.92 Å². The van der Waals surface area contributed by atoms with E-state index in [1.165, 1.54) is 18.2 Å². The monoisotopic (exact) mass is 434 g/mol. The van der Waals surface area contributed by atoms with Gasteiger partial charge in [0.25, 0.3) is 20.0 Å². The molecule has 152 valence electrons. The normalized spacial score (nSPS) is 11.8. The van der Waals surface area contributed by atoms with E-state index in [0.29, 0.717) is 0 Å². The van der Waals surface area contributed by atoms with Crippen molar-refractivity contribution in [2.45, 2.75) is 23.6 Å². The van der Waals surface area contributed by atoms with Gasteiger partial charge in [0.2, 0.25) is 0 Å². The highest BCUT2D eigenvalue weighted by Crippen LogP contribution is 2.27. The molecule has 3 rings (SSSR count). The van der Waals surface area contributed by atoms with Crippen molar-refractivity contribution in [2.75, 3.05) is 9.44 Å². The van der Waals surface area contributed by atoms with Crippen molar-refractivity contribution in [3.8, 4) is 0 Å². The van der Waals surface area contributed by atoms with Crippen molar-refractivity contribution in [3.05, 3.63) is 83.7 Å². The topological polar surface area (TPSA) is 92.3 Å². The van der Waals surface area contributed by atoms with Gasteiger partial charge < -0.3 is 0 Å². The summed E-state index contributed by atoms with van der Waals surface area (Å²) in [7, 11) is -7.97. The van der Waals surface area contributed by atoms with E-state index in [0.717, 1.165) is 35.4 Å². The zero-order chi connectivity index (χ0) is 21.2. The van der Waals surface area contributed by atoms with Crippen LogP contribution in [0.1, 0.15) is 11.1 Å². The van der Waals surface area contributed by atoms with Crippen LogP contribution in [0.4, 0.5) is 15.8 Å². The van der Waals surface area contributed by atoms with Crippen LogP contribution in [0.5, 0.6) is 0 Å². The molecule has 6 nitrogen and oxygen atoms in total. The molecular formula is C20H19FN2O4S2. The molecule has 0 amide bonds. The molecule has 9 heteroatoms. The van der Waals surface area contributed by atoms with E-state index in [9.17, 15) is 21.2 Å². The highest BCUT2D eigenvalue weighted by Gasteiger charge is 2.20. The highest BCUT2D eigenvalue weighted by molar-refractivity contribution is 7.93. The molecule has 0 aliphatic rings. The molecule has 0 radical (unpaired) electrons. The van der Waals surface area contributed by atoms with E-state index in [4.69, 9.17) is 0 Å². The zero-order valence-corrected chi connectivity index (χ0v) is 17.3. The first-order valence-corrected chi connectivity index (χ1v) is 11.5. The summed E-state index contributed by atoms with van der Waals surface area (Å²) >= 11 is 0. The fourth-order valence-electron chi connectivity index (χ4n) is 2.56.